The van der Waals surface area contributed by atoms with Crippen LogP contribution >= 0.6 is 11.8 Å². The van der Waals surface area contributed by atoms with E-state index in [2.05, 4.69) is 15.5 Å². The van der Waals surface area contributed by atoms with Crippen molar-refractivity contribution in [2.75, 3.05) is 7.11 Å². The Morgan fingerprint density at radius 1 is 1.17 bits per heavy atom. The smallest absolute Gasteiger partial charge is 0.214 e. The molecule has 0 unspecified atom stereocenters. The van der Waals surface area contributed by atoms with Crippen LogP contribution in [0.15, 0.2) is 47.6 Å². The first kappa shape index (κ1) is 16.4. The Hall–Kier alpha value is -2.48. The summed E-state index contributed by atoms with van der Waals surface area (Å²) in [4.78, 5) is 0. The third-order valence-corrected chi connectivity index (χ3v) is 4.51. The van der Waals surface area contributed by atoms with E-state index in [1.54, 1.807) is 13.2 Å². The monoisotopic (exact) mass is 348 g/mol. The highest BCUT2D eigenvalue weighted by atomic mass is 32.2. The number of tetrazole rings is 1. The van der Waals surface area contributed by atoms with E-state index in [1.807, 2.05) is 25.1 Å². The summed E-state index contributed by atoms with van der Waals surface area (Å²) in [6.07, 6.45) is 0. The van der Waals surface area contributed by atoms with Gasteiger partial charge in [-0.1, -0.05) is 30.0 Å². The summed E-state index contributed by atoms with van der Waals surface area (Å²) in [7, 11) is 1.56. The molecule has 0 spiro atoms. The average molecular weight is 348 g/mol. The molecule has 0 fully saturated rings. The molecule has 5 nitrogen and oxygen atoms in total. The number of halogens is 2. The van der Waals surface area contributed by atoms with Gasteiger partial charge in [-0.15, -0.1) is 5.10 Å². The van der Waals surface area contributed by atoms with E-state index < -0.39 is 11.6 Å². The lowest BCUT2D eigenvalue weighted by atomic mass is 10.1. The normalized spacial score (nSPS) is 12.2. The molecule has 0 aliphatic heterocycles. The summed E-state index contributed by atoms with van der Waals surface area (Å²) in [5.41, 5.74) is 1.07. The fourth-order valence-corrected chi connectivity index (χ4v) is 3.21. The number of benzene rings is 2. The van der Waals surface area contributed by atoms with Crippen LogP contribution in [0.25, 0.3) is 5.69 Å². The lowest BCUT2D eigenvalue weighted by Crippen LogP contribution is -2.03. The van der Waals surface area contributed by atoms with E-state index in [9.17, 15) is 8.78 Å². The number of ether oxygens (including phenoxy) is 1. The van der Waals surface area contributed by atoms with Crippen LogP contribution in [0.3, 0.4) is 0 Å². The van der Waals surface area contributed by atoms with Gasteiger partial charge in [0.05, 0.1) is 7.11 Å². The van der Waals surface area contributed by atoms with Gasteiger partial charge >= 0.3 is 0 Å². The van der Waals surface area contributed by atoms with Gasteiger partial charge in [-0.05, 0) is 35.5 Å². The van der Waals surface area contributed by atoms with Crippen LogP contribution in [0.1, 0.15) is 17.7 Å². The Kier molecular flexibility index (Phi) is 4.75. The number of methoxy groups -OCH3 is 1. The van der Waals surface area contributed by atoms with Crippen molar-refractivity contribution in [3.63, 3.8) is 0 Å². The summed E-state index contributed by atoms with van der Waals surface area (Å²) >= 11 is 1.27. The first-order valence-corrected chi connectivity index (χ1v) is 8.01. The number of rotatable bonds is 5. The molecule has 0 saturated heterocycles. The minimum Gasteiger partial charge on any atom is -0.494 e. The fraction of sp³-hybridized carbons (Fsp3) is 0.188. The Morgan fingerprint density at radius 2 is 1.96 bits per heavy atom. The van der Waals surface area contributed by atoms with Crippen LogP contribution in [0, 0.1) is 11.6 Å². The van der Waals surface area contributed by atoms with Crippen LogP contribution in [0.5, 0.6) is 5.75 Å². The SMILES string of the molecule is COc1ccccc1-n1nnnc1S[C@@H](C)c1ccc(F)cc1F. The summed E-state index contributed by atoms with van der Waals surface area (Å²) < 4.78 is 33.8. The van der Waals surface area contributed by atoms with Crippen molar-refractivity contribution >= 4 is 11.8 Å². The molecule has 1 aromatic heterocycles. The second-order valence-electron chi connectivity index (χ2n) is 4.97. The molecule has 3 aromatic rings. The molecule has 1 atom stereocenters. The van der Waals surface area contributed by atoms with Gasteiger partial charge in [-0.3, -0.25) is 0 Å². The van der Waals surface area contributed by atoms with Crippen LogP contribution in [0.2, 0.25) is 0 Å². The number of para-hydroxylation sites is 2. The molecular formula is C16H14F2N4OS. The lowest BCUT2D eigenvalue weighted by Gasteiger charge is -2.13. The van der Waals surface area contributed by atoms with Crippen molar-refractivity contribution in [2.24, 2.45) is 0 Å². The van der Waals surface area contributed by atoms with Crippen LogP contribution in [-0.2, 0) is 0 Å². The van der Waals surface area contributed by atoms with E-state index in [1.165, 1.54) is 28.6 Å². The van der Waals surface area contributed by atoms with E-state index in [-0.39, 0.29) is 5.25 Å². The minimum absolute atomic E-state index is 0.301. The third-order valence-electron chi connectivity index (χ3n) is 3.44. The molecule has 0 amide bonds. The second-order valence-corrected chi connectivity index (χ2v) is 6.28. The van der Waals surface area contributed by atoms with Crippen LogP contribution in [0.4, 0.5) is 8.78 Å². The maximum absolute atomic E-state index is 13.9. The number of thioether (sulfide) groups is 1. The highest BCUT2D eigenvalue weighted by Gasteiger charge is 2.19. The number of aromatic nitrogens is 4. The van der Waals surface area contributed by atoms with E-state index in [4.69, 9.17) is 4.74 Å². The van der Waals surface area contributed by atoms with Gasteiger partial charge in [-0.25, -0.2) is 8.78 Å². The highest BCUT2D eigenvalue weighted by Crippen LogP contribution is 2.36. The zero-order valence-corrected chi connectivity index (χ0v) is 13.8. The molecular weight excluding hydrogens is 334 g/mol. The molecule has 0 N–H and O–H groups in total. The molecule has 8 heteroatoms. The number of hydrogen-bond donors (Lipinski definition) is 0. The fourth-order valence-electron chi connectivity index (χ4n) is 2.26. The molecule has 0 saturated carbocycles. The van der Waals surface area contributed by atoms with Gasteiger partial charge in [0.1, 0.15) is 23.1 Å². The summed E-state index contributed by atoms with van der Waals surface area (Å²) in [6, 6.07) is 10.8. The van der Waals surface area contributed by atoms with Gasteiger partial charge in [0.2, 0.25) is 5.16 Å². The van der Waals surface area contributed by atoms with Gasteiger partial charge < -0.3 is 4.74 Å². The van der Waals surface area contributed by atoms with Crippen LogP contribution < -0.4 is 4.74 Å². The molecule has 1 heterocycles. The molecule has 0 radical (unpaired) electrons. The van der Waals surface area contributed by atoms with Crippen molar-refractivity contribution in [1.29, 1.82) is 0 Å². The van der Waals surface area contributed by atoms with Crippen LogP contribution in [-0.4, -0.2) is 27.3 Å². The Morgan fingerprint density at radius 3 is 2.71 bits per heavy atom. The Balaban J connectivity index is 1.91. The van der Waals surface area contributed by atoms with Gasteiger partial charge in [0.25, 0.3) is 0 Å². The maximum Gasteiger partial charge on any atom is 0.214 e. The summed E-state index contributed by atoms with van der Waals surface area (Å²) in [6.45, 7) is 1.81. The standard InChI is InChI=1S/C16H14F2N4OS/c1-10(12-8-7-11(17)9-13(12)18)24-16-19-20-21-22(16)14-5-3-4-6-15(14)23-2/h3-10H,1-2H3/t10-/m0/s1. The van der Waals surface area contributed by atoms with Crippen molar-refractivity contribution < 1.29 is 13.5 Å². The molecule has 124 valence electrons. The predicted octanol–water partition coefficient (Wildman–Crippen LogP) is 3.80. The zero-order valence-electron chi connectivity index (χ0n) is 13.0. The second kappa shape index (κ2) is 6.96. The number of nitrogens with zero attached hydrogens (tertiary/aromatic N) is 4. The summed E-state index contributed by atoms with van der Waals surface area (Å²) in [5, 5.41) is 11.8. The highest BCUT2D eigenvalue weighted by molar-refractivity contribution is 7.99. The van der Waals surface area contributed by atoms with Crippen molar-refractivity contribution in [2.45, 2.75) is 17.3 Å². The Bertz CT molecular complexity index is 856. The van der Waals surface area contributed by atoms with E-state index >= 15 is 0 Å². The maximum atomic E-state index is 13.9. The van der Waals surface area contributed by atoms with Crippen molar-refractivity contribution in [3.05, 3.63) is 59.7 Å². The topological polar surface area (TPSA) is 52.8 Å². The Labute approximate surface area is 141 Å². The molecule has 24 heavy (non-hydrogen) atoms. The molecule has 2 aromatic carbocycles. The number of hydrogen-bond acceptors (Lipinski definition) is 5. The predicted molar refractivity (Wildman–Crippen MR) is 86.3 cm³/mol. The summed E-state index contributed by atoms with van der Waals surface area (Å²) in [5.74, 6) is -0.578. The van der Waals surface area contributed by atoms with Gasteiger partial charge in [-0.2, -0.15) is 4.68 Å². The zero-order chi connectivity index (χ0) is 17.1. The van der Waals surface area contributed by atoms with Gasteiger partial charge in [0, 0.05) is 16.9 Å². The molecule has 0 aliphatic carbocycles. The minimum atomic E-state index is -0.604. The van der Waals surface area contributed by atoms with Crippen molar-refractivity contribution in [3.8, 4) is 11.4 Å². The first-order chi connectivity index (χ1) is 11.6. The van der Waals surface area contributed by atoms with E-state index in [0.29, 0.717) is 22.2 Å². The largest absolute Gasteiger partial charge is 0.494 e. The molecule has 0 aliphatic rings. The van der Waals surface area contributed by atoms with Gasteiger partial charge in [0.15, 0.2) is 0 Å². The third kappa shape index (κ3) is 3.23. The first-order valence-electron chi connectivity index (χ1n) is 7.13. The van der Waals surface area contributed by atoms with E-state index in [0.717, 1.165) is 6.07 Å². The quantitative estimate of drug-likeness (QED) is 0.657. The molecule has 3 rings (SSSR count). The average Bonchev–Trinajstić information content (AvgIpc) is 3.02. The van der Waals surface area contributed by atoms with Crippen molar-refractivity contribution in [1.82, 2.24) is 20.2 Å². The lowest BCUT2D eigenvalue weighted by molar-refractivity contribution is 0.410. The molecule has 0 bridgehead atoms.